The Hall–Kier alpha value is -2.14. The average Bonchev–Trinajstić information content (AvgIpc) is 3.23. The van der Waals surface area contributed by atoms with Crippen molar-refractivity contribution in [3.63, 3.8) is 0 Å². The molecule has 2 aliphatic rings. The van der Waals surface area contributed by atoms with Crippen LogP contribution in [0.15, 0.2) is 36.7 Å². The van der Waals surface area contributed by atoms with Gasteiger partial charge in [0.1, 0.15) is 0 Å². The quantitative estimate of drug-likeness (QED) is 0.863. The van der Waals surface area contributed by atoms with E-state index < -0.39 is 0 Å². The molecule has 3 heterocycles. The molecule has 5 heteroatoms. The van der Waals surface area contributed by atoms with E-state index in [1.807, 2.05) is 17.9 Å². The van der Waals surface area contributed by atoms with Gasteiger partial charge in [-0.2, -0.15) is 5.10 Å². The van der Waals surface area contributed by atoms with Crippen molar-refractivity contribution in [2.75, 3.05) is 19.6 Å². The van der Waals surface area contributed by atoms with Gasteiger partial charge in [0.25, 0.3) is 0 Å². The number of hydrogen-bond donors (Lipinski definition) is 0. The molecular weight excluding hydrogens is 312 g/mol. The molecule has 2 fully saturated rings. The standard InChI is InChI=1S/C20H26N4O/c1-14-6-4-5-7-18(14)20-19-13-23(10-16-8-21-22(3)9-16)11-17(19)12-24(20)15(2)25/h4-9,17,19-20H,10-13H2,1-3H3/t17-,19-,20-/m1/s1. The van der Waals surface area contributed by atoms with Crippen molar-refractivity contribution < 1.29 is 4.79 Å². The zero-order valence-electron chi connectivity index (χ0n) is 15.2. The Balaban J connectivity index is 1.57. The number of hydrogen-bond acceptors (Lipinski definition) is 3. The first-order valence-electron chi connectivity index (χ1n) is 9.05. The van der Waals surface area contributed by atoms with Gasteiger partial charge in [-0.15, -0.1) is 0 Å². The van der Waals surface area contributed by atoms with Crippen LogP contribution in [0.5, 0.6) is 0 Å². The van der Waals surface area contributed by atoms with Gasteiger partial charge in [0.05, 0.1) is 12.2 Å². The minimum absolute atomic E-state index is 0.196. The van der Waals surface area contributed by atoms with E-state index in [4.69, 9.17) is 0 Å². The lowest BCUT2D eigenvalue weighted by molar-refractivity contribution is -0.130. The SMILES string of the molecule is CC(=O)N1C[C@H]2CN(Cc3cnn(C)c3)C[C@H]2[C@H]1c1ccccc1C. The van der Waals surface area contributed by atoms with Crippen LogP contribution >= 0.6 is 0 Å². The molecule has 2 saturated heterocycles. The number of rotatable bonds is 3. The fourth-order valence-corrected chi connectivity index (χ4v) is 4.72. The summed E-state index contributed by atoms with van der Waals surface area (Å²) in [7, 11) is 1.96. The van der Waals surface area contributed by atoms with Crippen molar-refractivity contribution in [3.8, 4) is 0 Å². The highest BCUT2D eigenvalue weighted by molar-refractivity contribution is 5.74. The van der Waals surface area contributed by atoms with E-state index in [2.05, 4.69) is 52.3 Å². The number of likely N-dealkylation sites (tertiary alicyclic amines) is 2. The van der Waals surface area contributed by atoms with Gasteiger partial charge in [-0.25, -0.2) is 0 Å². The first-order valence-corrected chi connectivity index (χ1v) is 9.05. The molecule has 0 bridgehead atoms. The van der Waals surface area contributed by atoms with E-state index in [0.717, 1.165) is 26.2 Å². The summed E-state index contributed by atoms with van der Waals surface area (Å²) in [5, 5.41) is 4.28. The van der Waals surface area contributed by atoms with Crippen LogP contribution in [0.25, 0.3) is 0 Å². The highest BCUT2D eigenvalue weighted by atomic mass is 16.2. The van der Waals surface area contributed by atoms with E-state index >= 15 is 0 Å². The molecule has 0 unspecified atom stereocenters. The van der Waals surface area contributed by atoms with Gasteiger partial charge in [-0.3, -0.25) is 14.4 Å². The van der Waals surface area contributed by atoms with Gasteiger partial charge in [-0.1, -0.05) is 24.3 Å². The second-order valence-electron chi connectivity index (χ2n) is 7.61. The maximum Gasteiger partial charge on any atom is 0.219 e. The first-order chi connectivity index (χ1) is 12.0. The second-order valence-corrected chi connectivity index (χ2v) is 7.61. The van der Waals surface area contributed by atoms with Gasteiger partial charge in [0.15, 0.2) is 0 Å². The smallest absolute Gasteiger partial charge is 0.219 e. The molecule has 0 N–H and O–H groups in total. The lowest BCUT2D eigenvalue weighted by Crippen LogP contribution is -2.34. The molecule has 0 radical (unpaired) electrons. The Morgan fingerprint density at radius 1 is 1.24 bits per heavy atom. The zero-order chi connectivity index (χ0) is 17.6. The molecule has 4 rings (SSSR count). The minimum atomic E-state index is 0.196. The average molecular weight is 338 g/mol. The summed E-state index contributed by atoms with van der Waals surface area (Å²) in [5.74, 6) is 1.27. The predicted octanol–water partition coefficient (Wildman–Crippen LogP) is 2.38. The molecule has 0 spiro atoms. The van der Waals surface area contributed by atoms with Crippen LogP contribution < -0.4 is 0 Å². The van der Waals surface area contributed by atoms with Crippen LogP contribution in [0.3, 0.4) is 0 Å². The fourth-order valence-electron chi connectivity index (χ4n) is 4.72. The number of nitrogens with zero attached hydrogens (tertiary/aromatic N) is 4. The summed E-state index contributed by atoms with van der Waals surface area (Å²) in [6.45, 7) is 7.79. The van der Waals surface area contributed by atoms with Crippen LogP contribution in [-0.4, -0.2) is 45.1 Å². The van der Waals surface area contributed by atoms with Gasteiger partial charge in [0, 0.05) is 57.8 Å². The molecule has 1 aromatic heterocycles. The summed E-state index contributed by atoms with van der Waals surface area (Å²) in [6.07, 6.45) is 4.05. The topological polar surface area (TPSA) is 41.4 Å². The van der Waals surface area contributed by atoms with Crippen molar-refractivity contribution in [3.05, 3.63) is 53.3 Å². The number of fused-ring (bicyclic) bond motifs is 1. The highest BCUT2D eigenvalue weighted by Crippen LogP contribution is 2.45. The van der Waals surface area contributed by atoms with Crippen molar-refractivity contribution in [1.82, 2.24) is 19.6 Å². The third-order valence-electron chi connectivity index (χ3n) is 5.82. The first kappa shape index (κ1) is 16.3. The molecule has 2 aromatic rings. The van der Waals surface area contributed by atoms with Crippen LogP contribution in [0.2, 0.25) is 0 Å². The van der Waals surface area contributed by atoms with Crippen LogP contribution in [0.1, 0.15) is 29.7 Å². The zero-order valence-corrected chi connectivity index (χ0v) is 15.2. The summed E-state index contributed by atoms with van der Waals surface area (Å²) in [6, 6.07) is 8.73. The van der Waals surface area contributed by atoms with Gasteiger partial charge < -0.3 is 4.90 Å². The molecule has 132 valence electrons. The van der Waals surface area contributed by atoms with Crippen molar-refractivity contribution in [2.45, 2.75) is 26.4 Å². The molecule has 25 heavy (non-hydrogen) atoms. The Kier molecular flexibility index (Phi) is 4.12. The predicted molar refractivity (Wildman–Crippen MR) is 96.8 cm³/mol. The second kappa shape index (κ2) is 6.30. The lowest BCUT2D eigenvalue weighted by Gasteiger charge is -2.30. The molecule has 1 aromatic carbocycles. The van der Waals surface area contributed by atoms with Crippen molar-refractivity contribution in [1.29, 1.82) is 0 Å². The van der Waals surface area contributed by atoms with Crippen LogP contribution in [0, 0.1) is 18.8 Å². The van der Waals surface area contributed by atoms with E-state index in [9.17, 15) is 4.79 Å². The summed E-state index contributed by atoms with van der Waals surface area (Å²) < 4.78 is 1.86. The van der Waals surface area contributed by atoms with E-state index in [-0.39, 0.29) is 11.9 Å². The van der Waals surface area contributed by atoms with Crippen molar-refractivity contribution >= 4 is 5.91 Å². The molecule has 1 amide bonds. The summed E-state index contributed by atoms with van der Waals surface area (Å²) in [4.78, 5) is 16.9. The molecule has 0 saturated carbocycles. The van der Waals surface area contributed by atoms with Crippen LogP contribution in [0.4, 0.5) is 0 Å². The number of amides is 1. The molecule has 3 atom stereocenters. The fraction of sp³-hybridized carbons (Fsp3) is 0.500. The maximum absolute atomic E-state index is 12.2. The van der Waals surface area contributed by atoms with Gasteiger partial charge >= 0.3 is 0 Å². The van der Waals surface area contributed by atoms with E-state index in [0.29, 0.717) is 11.8 Å². The highest BCUT2D eigenvalue weighted by Gasteiger charge is 2.48. The van der Waals surface area contributed by atoms with Crippen LogP contribution in [-0.2, 0) is 18.4 Å². The lowest BCUT2D eigenvalue weighted by atomic mass is 9.87. The summed E-state index contributed by atoms with van der Waals surface area (Å²) in [5.41, 5.74) is 3.86. The molecule has 0 aliphatic carbocycles. The number of carbonyl (C=O) groups excluding carboxylic acids is 1. The van der Waals surface area contributed by atoms with Crippen molar-refractivity contribution in [2.24, 2.45) is 18.9 Å². The summed E-state index contributed by atoms with van der Waals surface area (Å²) >= 11 is 0. The Morgan fingerprint density at radius 3 is 2.72 bits per heavy atom. The van der Waals surface area contributed by atoms with E-state index in [1.165, 1.54) is 16.7 Å². The number of carbonyl (C=O) groups is 1. The minimum Gasteiger partial charge on any atom is -0.335 e. The number of aromatic nitrogens is 2. The monoisotopic (exact) mass is 338 g/mol. The third kappa shape index (κ3) is 2.97. The molecule has 2 aliphatic heterocycles. The largest absolute Gasteiger partial charge is 0.335 e. The van der Waals surface area contributed by atoms with Gasteiger partial charge in [-0.05, 0) is 24.0 Å². The Labute approximate surface area is 149 Å². The Morgan fingerprint density at radius 2 is 2.04 bits per heavy atom. The number of benzene rings is 1. The third-order valence-corrected chi connectivity index (χ3v) is 5.82. The molecular formula is C20H26N4O. The van der Waals surface area contributed by atoms with E-state index in [1.54, 1.807) is 6.92 Å². The van der Waals surface area contributed by atoms with Gasteiger partial charge in [0.2, 0.25) is 5.91 Å². The Bertz CT molecular complexity index is 784. The maximum atomic E-state index is 12.2. The normalized spacial score (nSPS) is 26.2. The molecule has 5 nitrogen and oxygen atoms in total. The number of aryl methyl sites for hydroxylation is 2.